The summed E-state index contributed by atoms with van der Waals surface area (Å²) in [6.07, 6.45) is 7.30. The summed E-state index contributed by atoms with van der Waals surface area (Å²) in [7, 11) is 5.24. The van der Waals surface area contributed by atoms with Gasteiger partial charge in [0.15, 0.2) is 17.3 Å². The predicted octanol–water partition coefficient (Wildman–Crippen LogP) is 3.23. The van der Waals surface area contributed by atoms with Crippen molar-refractivity contribution in [2.75, 3.05) is 34.4 Å². The maximum Gasteiger partial charge on any atom is 0.185 e. The lowest BCUT2D eigenvalue weighted by Crippen LogP contribution is -3.10. The zero-order chi connectivity index (χ0) is 23.8. The number of rotatable bonds is 12. The van der Waals surface area contributed by atoms with E-state index in [0.29, 0.717) is 30.2 Å². The van der Waals surface area contributed by atoms with Gasteiger partial charge in [0, 0.05) is 28.2 Å². The van der Waals surface area contributed by atoms with E-state index in [0.717, 1.165) is 35.9 Å². The molecule has 0 amide bonds. The molecule has 2 aromatic carbocycles. The number of aliphatic hydroxyl groups is 1. The number of aromatic nitrogens is 1. The van der Waals surface area contributed by atoms with Crippen LogP contribution in [0.1, 0.15) is 35.7 Å². The molecule has 0 spiro atoms. The Morgan fingerprint density at radius 2 is 1.91 bits per heavy atom. The van der Waals surface area contributed by atoms with Crippen LogP contribution in [0.2, 0.25) is 0 Å². The van der Waals surface area contributed by atoms with Crippen LogP contribution in [0.3, 0.4) is 0 Å². The molecule has 1 aromatic heterocycles. The van der Waals surface area contributed by atoms with Crippen molar-refractivity contribution in [3.05, 3.63) is 65.9 Å². The Labute approximate surface area is 196 Å². The van der Waals surface area contributed by atoms with E-state index < -0.39 is 6.10 Å². The number of methoxy groups -OCH3 is 2. The van der Waals surface area contributed by atoms with Crippen LogP contribution in [0.15, 0.2) is 54.7 Å². The van der Waals surface area contributed by atoms with E-state index in [1.165, 1.54) is 4.90 Å². The van der Waals surface area contributed by atoms with Crippen LogP contribution < -0.4 is 14.4 Å². The first-order chi connectivity index (χ1) is 16.0. The van der Waals surface area contributed by atoms with E-state index in [-0.39, 0.29) is 5.78 Å². The average molecular weight is 452 g/mol. The van der Waals surface area contributed by atoms with Gasteiger partial charge in [-0.05, 0) is 42.8 Å². The number of likely N-dealkylation sites (N-methyl/N-ethyl adjacent to an activating group) is 1. The fraction of sp³-hybridized carbons (Fsp3) is 0.370. The third-order valence-corrected chi connectivity index (χ3v) is 5.85. The highest BCUT2D eigenvalue weighted by molar-refractivity contribution is 6.08. The SMILES string of the molecule is CCCC[NH+](C)C[C@@H](O)Cn1cc(/C=C/C(=O)c2ccc(OC)c(OC)c2)c2ccccc21. The number of carbonyl (C=O) groups is 1. The second-order valence-electron chi connectivity index (χ2n) is 8.44. The van der Waals surface area contributed by atoms with Crippen molar-refractivity contribution < 1.29 is 24.3 Å². The molecular weight excluding hydrogens is 416 g/mol. The Bertz CT molecular complexity index is 1100. The lowest BCUT2D eigenvalue weighted by atomic mass is 10.1. The van der Waals surface area contributed by atoms with Crippen molar-refractivity contribution in [1.82, 2.24) is 4.57 Å². The van der Waals surface area contributed by atoms with Crippen molar-refractivity contribution >= 4 is 22.8 Å². The Morgan fingerprint density at radius 1 is 1.15 bits per heavy atom. The van der Waals surface area contributed by atoms with Crippen molar-refractivity contribution in [2.45, 2.75) is 32.4 Å². The number of hydrogen-bond donors (Lipinski definition) is 2. The van der Waals surface area contributed by atoms with Crippen molar-refractivity contribution in [1.29, 1.82) is 0 Å². The Balaban J connectivity index is 1.79. The van der Waals surface area contributed by atoms with Gasteiger partial charge in [-0.1, -0.05) is 31.5 Å². The molecule has 0 radical (unpaired) electrons. The zero-order valence-corrected chi connectivity index (χ0v) is 20.0. The number of hydrogen-bond acceptors (Lipinski definition) is 4. The number of ketones is 1. The molecule has 3 rings (SSSR count). The number of nitrogens with zero attached hydrogens (tertiary/aromatic N) is 1. The predicted molar refractivity (Wildman–Crippen MR) is 132 cm³/mol. The van der Waals surface area contributed by atoms with Crippen LogP contribution in [-0.2, 0) is 6.54 Å². The first-order valence-electron chi connectivity index (χ1n) is 11.5. The molecule has 0 saturated heterocycles. The lowest BCUT2D eigenvalue weighted by molar-refractivity contribution is -0.883. The van der Waals surface area contributed by atoms with Gasteiger partial charge in [-0.2, -0.15) is 0 Å². The van der Waals surface area contributed by atoms with Gasteiger partial charge in [-0.15, -0.1) is 0 Å². The standard InChI is InChI=1S/C27H34N2O4/c1-5-6-15-28(2)18-22(30)19-29-17-21(23-9-7-8-10-24(23)29)11-13-25(31)20-12-14-26(32-3)27(16-20)33-4/h7-14,16-17,22,30H,5-6,15,18-19H2,1-4H3/p+1/b13-11+/t22-/m1/s1. The maximum atomic E-state index is 12.8. The average Bonchev–Trinajstić information content (AvgIpc) is 3.17. The summed E-state index contributed by atoms with van der Waals surface area (Å²) in [5.41, 5.74) is 2.51. The monoisotopic (exact) mass is 451 g/mol. The molecule has 2 atom stereocenters. The Hall–Kier alpha value is -3.09. The highest BCUT2D eigenvalue weighted by Gasteiger charge is 2.15. The molecule has 0 aliphatic rings. The van der Waals surface area contributed by atoms with Crippen LogP contribution in [-0.4, -0.2) is 55.9 Å². The van der Waals surface area contributed by atoms with Crippen LogP contribution in [0, 0.1) is 0 Å². The molecule has 1 heterocycles. The second kappa shape index (κ2) is 11.7. The summed E-state index contributed by atoms with van der Waals surface area (Å²) >= 11 is 0. The van der Waals surface area contributed by atoms with E-state index in [1.54, 1.807) is 38.5 Å². The summed E-state index contributed by atoms with van der Waals surface area (Å²) in [5.74, 6) is 0.990. The van der Waals surface area contributed by atoms with Crippen molar-refractivity contribution in [2.24, 2.45) is 0 Å². The van der Waals surface area contributed by atoms with Crippen LogP contribution in [0.25, 0.3) is 17.0 Å². The van der Waals surface area contributed by atoms with Gasteiger partial charge in [0.1, 0.15) is 12.6 Å². The molecule has 0 aliphatic carbocycles. The molecular formula is C27H35N2O4+. The van der Waals surface area contributed by atoms with Crippen molar-refractivity contribution in [3.63, 3.8) is 0 Å². The summed E-state index contributed by atoms with van der Waals surface area (Å²) < 4.78 is 12.6. The maximum absolute atomic E-state index is 12.8. The number of carbonyl (C=O) groups excluding carboxylic acids is 1. The molecule has 3 aromatic rings. The molecule has 0 fully saturated rings. The van der Waals surface area contributed by atoms with E-state index in [9.17, 15) is 9.90 Å². The number of ether oxygens (including phenoxy) is 2. The number of fused-ring (bicyclic) bond motifs is 1. The fourth-order valence-corrected chi connectivity index (χ4v) is 4.08. The van der Waals surface area contributed by atoms with Crippen LogP contribution >= 0.6 is 0 Å². The highest BCUT2D eigenvalue weighted by atomic mass is 16.5. The Morgan fingerprint density at radius 3 is 2.64 bits per heavy atom. The smallest absolute Gasteiger partial charge is 0.185 e. The lowest BCUT2D eigenvalue weighted by Gasteiger charge is -2.18. The largest absolute Gasteiger partial charge is 0.493 e. The first-order valence-corrected chi connectivity index (χ1v) is 11.5. The number of unbranched alkanes of at least 4 members (excludes halogenated alkanes) is 1. The minimum absolute atomic E-state index is 0.117. The fourth-order valence-electron chi connectivity index (χ4n) is 4.08. The highest BCUT2D eigenvalue weighted by Crippen LogP contribution is 2.28. The summed E-state index contributed by atoms with van der Waals surface area (Å²) in [6.45, 7) is 4.46. The third-order valence-electron chi connectivity index (χ3n) is 5.85. The molecule has 1 unspecified atom stereocenters. The number of para-hydroxylation sites is 1. The van der Waals surface area contributed by atoms with Crippen molar-refractivity contribution in [3.8, 4) is 11.5 Å². The summed E-state index contributed by atoms with van der Waals surface area (Å²) in [5, 5.41) is 11.7. The third kappa shape index (κ3) is 6.24. The van der Waals surface area contributed by atoms with Gasteiger partial charge in [0.05, 0.1) is 34.4 Å². The molecule has 0 saturated carbocycles. The molecule has 6 nitrogen and oxygen atoms in total. The Kier molecular flexibility index (Phi) is 8.69. The van der Waals surface area contributed by atoms with Gasteiger partial charge in [-0.25, -0.2) is 0 Å². The summed E-state index contributed by atoms with van der Waals surface area (Å²) in [4.78, 5) is 14.1. The topological polar surface area (TPSA) is 65.1 Å². The van der Waals surface area contributed by atoms with E-state index in [2.05, 4.69) is 18.5 Å². The first kappa shape index (κ1) is 24.6. The summed E-state index contributed by atoms with van der Waals surface area (Å²) in [6, 6.07) is 13.2. The quantitative estimate of drug-likeness (QED) is 0.328. The second-order valence-corrected chi connectivity index (χ2v) is 8.44. The van der Waals surface area contributed by atoms with E-state index in [1.807, 2.05) is 36.5 Å². The van der Waals surface area contributed by atoms with Gasteiger partial charge in [0.25, 0.3) is 0 Å². The number of aliphatic hydroxyl groups excluding tert-OH is 1. The minimum Gasteiger partial charge on any atom is -0.493 e. The molecule has 0 aliphatic heterocycles. The van der Waals surface area contributed by atoms with Gasteiger partial charge in [-0.3, -0.25) is 4.79 Å². The molecule has 0 bridgehead atoms. The van der Waals surface area contributed by atoms with Crippen LogP contribution in [0.4, 0.5) is 0 Å². The minimum atomic E-state index is -0.442. The van der Waals surface area contributed by atoms with E-state index in [4.69, 9.17) is 9.47 Å². The molecule has 176 valence electrons. The normalized spacial score (nSPS) is 13.4. The number of benzene rings is 2. The number of nitrogens with one attached hydrogen (secondary N) is 1. The van der Waals surface area contributed by atoms with Gasteiger partial charge < -0.3 is 24.0 Å². The number of quaternary nitrogens is 1. The molecule has 33 heavy (non-hydrogen) atoms. The number of allylic oxidation sites excluding steroid dienone is 1. The van der Waals surface area contributed by atoms with Crippen LogP contribution in [0.5, 0.6) is 11.5 Å². The zero-order valence-electron chi connectivity index (χ0n) is 20.0. The molecule has 6 heteroatoms. The molecule has 2 N–H and O–H groups in total. The van der Waals surface area contributed by atoms with Gasteiger partial charge >= 0.3 is 0 Å². The van der Waals surface area contributed by atoms with E-state index >= 15 is 0 Å². The van der Waals surface area contributed by atoms with Gasteiger partial charge in [0.2, 0.25) is 0 Å².